The summed E-state index contributed by atoms with van der Waals surface area (Å²) in [5, 5.41) is 21.4. The lowest BCUT2D eigenvalue weighted by atomic mass is 9.46. The van der Waals surface area contributed by atoms with Crippen LogP contribution in [0.25, 0.3) is 0 Å². The second-order valence-corrected chi connectivity index (χ2v) is 13.3. The second kappa shape index (κ2) is 7.08. The maximum Gasteiger partial charge on any atom is 0.0657 e. The lowest BCUT2D eigenvalue weighted by molar-refractivity contribution is -0.0666. The molecular weight excluding hydrogens is 368 g/mol. The zero-order chi connectivity index (χ0) is 21.4. The van der Waals surface area contributed by atoms with E-state index < -0.39 is 11.2 Å². The first-order valence-corrected chi connectivity index (χ1v) is 13.2. The Morgan fingerprint density at radius 3 is 2.50 bits per heavy atom. The molecule has 0 aromatic rings. The minimum atomic E-state index is -0.485. The van der Waals surface area contributed by atoms with Crippen molar-refractivity contribution in [3.63, 3.8) is 0 Å². The minimum absolute atomic E-state index is 0.341. The van der Waals surface area contributed by atoms with Crippen LogP contribution < -0.4 is 0 Å². The number of rotatable bonds is 5. The molecule has 0 aromatic heterocycles. The fourth-order valence-corrected chi connectivity index (χ4v) is 9.00. The average molecular weight is 415 g/mol. The van der Waals surface area contributed by atoms with Crippen molar-refractivity contribution in [3.05, 3.63) is 11.6 Å². The Morgan fingerprint density at radius 1 is 1.00 bits per heavy atom. The topological polar surface area (TPSA) is 40.5 Å². The second-order valence-electron chi connectivity index (χ2n) is 13.3. The van der Waals surface area contributed by atoms with Gasteiger partial charge in [-0.3, -0.25) is 0 Å². The molecule has 5 rings (SSSR count). The fourth-order valence-electron chi connectivity index (χ4n) is 9.00. The van der Waals surface area contributed by atoms with Crippen molar-refractivity contribution in [2.24, 2.45) is 40.4 Å². The molecule has 5 aliphatic carbocycles. The number of allylic oxidation sites excluding steroid dienone is 1. The van der Waals surface area contributed by atoms with Crippen molar-refractivity contribution in [2.45, 2.75) is 122 Å². The van der Waals surface area contributed by atoms with Crippen LogP contribution in [0.1, 0.15) is 111 Å². The molecule has 8 unspecified atom stereocenters. The molecule has 0 aromatic carbocycles. The van der Waals surface area contributed by atoms with Crippen LogP contribution in [-0.4, -0.2) is 21.4 Å². The SMILES string of the molecule is CC1(O)CCC2(C)C(=CCC3C2CCC2(C)C(CCCC(C)(O)C4CC4)CCC32)C1. The molecule has 30 heavy (non-hydrogen) atoms. The molecule has 2 nitrogen and oxygen atoms in total. The van der Waals surface area contributed by atoms with E-state index in [-0.39, 0.29) is 0 Å². The van der Waals surface area contributed by atoms with Gasteiger partial charge in [0.25, 0.3) is 0 Å². The van der Waals surface area contributed by atoms with E-state index >= 15 is 0 Å². The highest BCUT2D eigenvalue weighted by molar-refractivity contribution is 5.26. The van der Waals surface area contributed by atoms with Crippen molar-refractivity contribution in [1.29, 1.82) is 0 Å². The molecule has 2 N–H and O–H groups in total. The van der Waals surface area contributed by atoms with Crippen molar-refractivity contribution in [1.82, 2.24) is 0 Å². The summed E-state index contributed by atoms with van der Waals surface area (Å²) >= 11 is 0. The Balaban J connectivity index is 1.27. The Morgan fingerprint density at radius 2 is 1.77 bits per heavy atom. The number of hydrogen-bond acceptors (Lipinski definition) is 2. The minimum Gasteiger partial charge on any atom is -0.390 e. The molecule has 8 atom stereocenters. The van der Waals surface area contributed by atoms with Gasteiger partial charge in [-0.25, -0.2) is 0 Å². The molecule has 0 radical (unpaired) electrons. The lowest BCUT2D eigenvalue weighted by Crippen LogP contribution is -2.51. The molecule has 4 saturated carbocycles. The van der Waals surface area contributed by atoms with Crippen LogP contribution in [0.2, 0.25) is 0 Å². The Hall–Kier alpha value is -0.340. The Bertz CT molecular complexity index is 701. The zero-order valence-corrected chi connectivity index (χ0v) is 20.1. The molecule has 0 aliphatic heterocycles. The maximum atomic E-state index is 10.7. The van der Waals surface area contributed by atoms with Gasteiger partial charge in [-0.15, -0.1) is 0 Å². The summed E-state index contributed by atoms with van der Waals surface area (Å²) in [5.41, 5.74) is 1.56. The van der Waals surface area contributed by atoms with Crippen LogP contribution in [0.5, 0.6) is 0 Å². The molecule has 0 saturated heterocycles. The van der Waals surface area contributed by atoms with Gasteiger partial charge in [-0.05, 0) is 131 Å². The van der Waals surface area contributed by atoms with Gasteiger partial charge in [-0.1, -0.05) is 31.9 Å². The van der Waals surface area contributed by atoms with Crippen molar-refractivity contribution >= 4 is 0 Å². The number of aliphatic hydroxyl groups is 2. The maximum absolute atomic E-state index is 10.7. The molecule has 0 bridgehead atoms. The van der Waals surface area contributed by atoms with Crippen LogP contribution in [0.4, 0.5) is 0 Å². The van der Waals surface area contributed by atoms with Crippen LogP contribution in [0.3, 0.4) is 0 Å². The highest BCUT2D eigenvalue weighted by atomic mass is 16.3. The van der Waals surface area contributed by atoms with Gasteiger partial charge in [0.2, 0.25) is 0 Å². The van der Waals surface area contributed by atoms with E-state index in [0.717, 1.165) is 42.9 Å². The van der Waals surface area contributed by atoms with E-state index in [9.17, 15) is 10.2 Å². The summed E-state index contributed by atoms with van der Waals surface area (Å²) in [7, 11) is 0. The van der Waals surface area contributed by atoms with Gasteiger partial charge >= 0.3 is 0 Å². The van der Waals surface area contributed by atoms with Crippen molar-refractivity contribution in [2.75, 3.05) is 0 Å². The van der Waals surface area contributed by atoms with Crippen molar-refractivity contribution < 1.29 is 10.2 Å². The van der Waals surface area contributed by atoms with Gasteiger partial charge in [-0.2, -0.15) is 0 Å². The number of fused-ring (bicyclic) bond motifs is 5. The molecule has 0 spiro atoms. The van der Waals surface area contributed by atoms with Crippen LogP contribution in [0, 0.1) is 40.4 Å². The predicted octanol–water partition coefficient (Wildman–Crippen LogP) is 6.65. The summed E-state index contributed by atoms with van der Waals surface area (Å²) in [6, 6.07) is 0. The van der Waals surface area contributed by atoms with Gasteiger partial charge < -0.3 is 10.2 Å². The first kappa shape index (κ1) is 21.5. The quantitative estimate of drug-likeness (QED) is 0.495. The van der Waals surface area contributed by atoms with Gasteiger partial charge in [0.05, 0.1) is 11.2 Å². The molecule has 4 fully saturated rings. The summed E-state index contributed by atoms with van der Waals surface area (Å²) < 4.78 is 0. The van der Waals surface area contributed by atoms with Gasteiger partial charge in [0.1, 0.15) is 0 Å². The first-order chi connectivity index (χ1) is 14.1. The molecule has 2 heteroatoms. The van der Waals surface area contributed by atoms with Crippen LogP contribution >= 0.6 is 0 Å². The van der Waals surface area contributed by atoms with Crippen LogP contribution in [0.15, 0.2) is 11.6 Å². The molecule has 170 valence electrons. The molecule has 0 amide bonds. The standard InChI is InChI=1S/C28H46O2/c1-25(29)16-17-27(3)21(18-25)9-11-22-23-12-10-19(26(23,2)15-13-24(22)27)6-5-14-28(4,30)20-7-8-20/h9,19-20,22-24,29-30H,5-8,10-18H2,1-4H3. The van der Waals surface area contributed by atoms with E-state index in [1.807, 2.05) is 6.92 Å². The van der Waals surface area contributed by atoms with Gasteiger partial charge in [0, 0.05) is 0 Å². The Labute approximate surface area is 184 Å². The predicted molar refractivity (Wildman–Crippen MR) is 123 cm³/mol. The van der Waals surface area contributed by atoms with E-state index in [1.54, 1.807) is 5.57 Å². The summed E-state index contributed by atoms with van der Waals surface area (Å²) in [4.78, 5) is 0. The average Bonchev–Trinajstić information content (AvgIpc) is 3.47. The monoisotopic (exact) mass is 414 g/mol. The molecule has 0 heterocycles. The van der Waals surface area contributed by atoms with Crippen LogP contribution in [-0.2, 0) is 0 Å². The third-order valence-corrected chi connectivity index (χ3v) is 11.3. The third-order valence-electron chi connectivity index (χ3n) is 11.3. The smallest absolute Gasteiger partial charge is 0.0657 e. The molecule has 5 aliphatic rings. The Kier molecular flexibility index (Phi) is 5.07. The first-order valence-electron chi connectivity index (χ1n) is 13.2. The number of hydrogen-bond donors (Lipinski definition) is 2. The van der Waals surface area contributed by atoms with Gasteiger partial charge in [0.15, 0.2) is 0 Å². The lowest BCUT2D eigenvalue weighted by Gasteiger charge is -2.59. The molecular formula is C28H46O2. The normalized spacial score (nSPS) is 50.1. The van der Waals surface area contributed by atoms with E-state index in [4.69, 9.17) is 0 Å². The fraction of sp³-hybridized carbons (Fsp3) is 0.929. The van der Waals surface area contributed by atoms with E-state index in [2.05, 4.69) is 26.8 Å². The summed E-state index contributed by atoms with van der Waals surface area (Å²) in [6.07, 6.45) is 18.5. The zero-order valence-electron chi connectivity index (χ0n) is 20.1. The largest absolute Gasteiger partial charge is 0.390 e. The van der Waals surface area contributed by atoms with Crippen molar-refractivity contribution in [3.8, 4) is 0 Å². The summed E-state index contributed by atoms with van der Waals surface area (Å²) in [6.45, 7) is 9.31. The van der Waals surface area contributed by atoms with E-state index in [0.29, 0.717) is 16.7 Å². The highest BCUT2D eigenvalue weighted by Gasteiger charge is 2.58. The highest BCUT2D eigenvalue weighted by Crippen LogP contribution is 2.67. The third kappa shape index (κ3) is 3.43. The summed E-state index contributed by atoms with van der Waals surface area (Å²) in [5.74, 6) is 4.03. The van der Waals surface area contributed by atoms with E-state index in [1.165, 1.54) is 64.2 Å².